The van der Waals surface area contributed by atoms with Crippen molar-refractivity contribution in [2.24, 2.45) is 0 Å². The monoisotopic (exact) mass is 366 g/mol. The summed E-state index contributed by atoms with van der Waals surface area (Å²) in [7, 11) is 4.60. The van der Waals surface area contributed by atoms with E-state index in [1.54, 1.807) is 18.1 Å². The number of carboxylic acids is 1. The molecule has 1 aliphatic rings. The van der Waals surface area contributed by atoms with Gasteiger partial charge in [-0.2, -0.15) is 0 Å². The molecule has 8 nitrogen and oxygen atoms in total. The van der Waals surface area contributed by atoms with Gasteiger partial charge < -0.3 is 29.5 Å². The predicted octanol–water partition coefficient (Wildman–Crippen LogP) is 2.25. The summed E-state index contributed by atoms with van der Waals surface area (Å²) in [5.41, 5.74) is 0.766. The molecule has 0 saturated heterocycles. The van der Waals surface area contributed by atoms with Crippen LogP contribution in [0.1, 0.15) is 31.2 Å². The lowest BCUT2D eigenvalue weighted by Gasteiger charge is -2.30. The van der Waals surface area contributed by atoms with Gasteiger partial charge in [0.25, 0.3) is 0 Å². The minimum atomic E-state index is -1.08. The van der Waals surface area contributed by atoms with Crippen molar-refractivity contribution >= 4 is 12.0 Å². The number of benzene rings is 1. The first-order chi connectivity index (χ1) is 12.5. The molecule has 2 rings (SSSR count). The molecule has 0 spiro atoms. The van der Waals surface area contributed by atoms with Gasteiger partial charge >= 0.3 is 12.0 Å². The van der Waals surface area contributed by atoms with E-state index >= 15 is 0 Å². The van der Waals surface area contributed by atoms with Crippen LogP contribution in [0.4, 0.5) is 4.79 Å². The molecule has 0 radical (unpaired) electrons. The van der Waals surface area contributed by atoms with Crippen LogP contribution in [0, 0.1) is 0 Å². The molecule has 2 N–H and O–H groups in total. The summed E-state index contributed by atoms with van der Waals surface area (Å²) >= 11 is 0. The molecule has 0 bridgehead atoms. The Labute approximate surface area is 153 Å². The van der Waals surface area contributed by atoms with Gasteiger partial charge in [-0.15, -0.1) is 0 Å². The highest BCUT2D eigenvalue weighted by Crippen LogP contribution is 2.40. The maximum Gasteiger partial charge on any atom is 0.323 e. The van der Waals surface area contributed by atoms with Crippen molar-refractivity contribution in [2.45, 2.75) is 38.3 Å². The first-order valence-electron chi connectivity index (χ1n) is 8.55. The summed E-state index contributed by atoms with van der Waals surface area (Å²) in [5, 5.41) is 11.3. The minimum Gasteiger partial charge on any atom is -0.493 e. The van der Waals surface area contributed by atoms with E-state index in [0.29, 0.717) is 23.8 Å². The molecule has 0 aliphatic heterocycles. The quantitative estimate of drug-likeness (QED) is 0.732. The second-order valence-corrected chi connectivity index (χ2v) is 6.11. The number of rotatable bonds is 8. The number of carboxylic acid groups (broad SMARTS) is 1. The smallest absolute Gasteiger partial charge is 0.323 e. The number of nitrogens with zero attached hydrogens (tertiary/aromatic N) is 1. The van der Waals surface area contributed by atoms with Crippen LogP contribution < -0.4 is 19.5 Å². The average molecular weight is 366 g/mol. The molecular formula is C18H26N2O6. The van der Waals surface area contributed by atoms with Crippen molar-refractivity contribution in [2.75, 3.05) is 27.9 Å². The lowest BCUT2D eigenvalue weighted by Crippen LogP contribution is -2.46. The number of ether oxygens (including phenoxy) is 3. The normalized spacial score (nSPS) is 14.0. The Balaban J connectivity index is 2.29. The first-order valence-corrected chi connectivity index (χ1v) is 8.55. The Morgan fingerprint density at radius 1 is 1.12 bits per heavy atom. The molecule has 0 aromatic heterocycles. The second kappa shape index (κ2) is 9.17. The van der Waals surface area contributed by atoms with E-state index in [2.05, 4.69) is 5.32 Å². The van der Waals surface area contributed by atoms with Crippen LogP contribution in [-0.2, 0) is 11.3 Å². The van der Waals surface area contributed by atoms with Crippen LogP contribution in [0.25, 0.3) is 0 Å². The van der Waals surface area contributed by atoms with Gasteiger partial charge in [0.05, 0.1) is 27.9 Å². The minimum absolute atomic E-state index is 0.0709. The molecule has 1 fully saturated rings. The fraction of sp³-hybridized carbons (Fsp3) is 0.556. The topological polar surface area (TPSA) is 97.3 Å². The first kappa shape index (κ1) is 19.7. The molecule has 0 atom stereocenters. The summed E-state index contributed by atoms with van der Waals surface area (Å²) in [6.45, 7) is -0.120. The summed E-state index contributed by atoms with van der Waals surface area (Å²) < 4.78 is 16.2. The molecule has 1 saturated carbocycles. The average Bonchev–Trinajstić information content (AvgIpc) is 3.17. The van der Waals surface area contributed by atoms with Gasteiger partial charge in [0.2, 0.25) is 5.75 Å². The van der Waals surface area contributed by atoms with Crippen molar-refractivity contribution in [3.63, 3.8) is 0 Å². The zero-order valence-corrected chi connectivity index (χ0v) is 15.4. The van der Waals surface area contributed by atoms with Crippen LogP contribution in [0.2, 0.25) is 0 Å². The lowest BCUT2D eigenvalue weighted by molar-refractivity contribution is -0.135. The number of urea groups is 1. The Morgan fingerprint density at radius 2 is 1.77 bits per heavy atom. The van der Waals surface area contributed by atoms with E-state index in [4.69, 9.17) is 19.3 Å². The molecule has 8 heteroatoms. The van der Waals surface area contributed by atoms with Crippen LogP contribution in [0.5, 0.6) is 17.2 Å². The molecular weight excluding hydrogens is 340 g/mol. The van der Waals surface area contributed by atoms with Crippen molar-refractivity contribution in [3.05, 3.63) is 17.7 Å². The number of amides is 2. The molecule has 144 valence electrons. The number of hydrogen-bond acceptors (Lipinski definition) is 5. The Morgan fingerprint density at radius 3 is 2.31 bits per heavy atom. The number of aliphatic carboxylic acids is 1. The van der Waals surface area contributed by atoms with Crippen LogP contribution >= 0.6 is 0 Å². The van der Waals surface area contributed by atoms with Gasteiger partial charge in [-0.1, -0.05) is 12.8 Å². The zero-order chi connectivity index (χ0) is 19.1. The SMILES string of the molecule is COc1ccc(CN(C(=O)NCC(=O)O)C2CCCC2)c(OC)c1OC. The van der Waals surface area contributed by atoms with Crippen molar-refractivity contribution in [3.8, 4) is 17.2 Å². The van der Waals surface area contributed by atoms with Crippen molar-refractivity contribution in [1.29, 1.82) is 0 Å². The number of carbonyl (C=O) groups is 2. The van der Waals surface area contributed by atoms with E-state index < -0.39 is 18.5 Å². The Kier molecular flexibility index (Phi) is 6.94. The third-order valence-corrected chi connectivity index (χ3v) is 4.54. The third-order valence-electron chi connectivity index (χ3n) is 4.54. The van der Waals surface area contributed by atoms with Gasteiger partial charge in [-0.25, -0.2) is 4.79 Å². The standard InChI is InChI=1S/C18H26N2O6/c1-24-14-9-8-12(16(25-2)17(14)26-3)11-20(13-6-4-5-7-13)18(23)19-10-15(21)22/h8-9,13H,4-7,10-11H2,1-3H3,(H,19,23)(H,21,22). The number of methoxy groups -OCH3 is 3. The highest BCUT2D eigenvalue weighted by atomic mass is 16.5. The molecule has 2 amide bonds. The fourth-order valence-electron chi connectivity index (χ4n) is 3.31. The van der Waals surface area contributed by atoms with E-state index in [1.807, 2.05) is 6.07 Å². The van der Waals surface area contributed by atoms with Crippen LogP contribution in [-0.4, -0.2) is 55.9 Å². The lowest BCUT2D eigenvalue weighted by atomic mass is 10.1. The van der Waals surface area contributed by atoms with Crippen molar-refractivity contribution in [1.82, 2.24) is 10.2 Å². The van der Waals surface area contributed by atoms with E-state index in [1.165, 1.54) is 14.2 Å². The second-order valence-electron chi connectivity index (χ2n) is 6.11. The summed E-state index contributed by atoms with van der Waals surface area (Å²) in [6, 6.07) is 3.27. The number of nitrogens with one attached hydrogen (secondary N) is 1. The van der Waals surface area contributed by atoms with Gasteiger partial charge in [0.15, 0.2) is 11.5 Å². The van der Waals surface area contributed by atoms with Gasteiger partial charge in [-0.05, 0) is 25.0 Å². The van der Waals surface area contributed by atoms with Gasteiger partial charge in [-0.3, -0.25) is 4.79 Å². The van der Waals surface area contributed by atoms with Gasteiger partial charge in [0.1, 0.15) is 6.54 Å². The third kappa shape index (κ3) is 4.50. The Bertz CT molecular complexity index is 643. The summed E-state index contributed by atoms with van der Waals surface area (Å²) in [6.07, 6.45) is 3.90. The summed E-state index contributed by atoms with van der Waals surface area (Å²) in [5.74, 6) is 0.426. The van der Waals surface area contributed by atoms with Crippen LogP contribution in [0.15, 0.2) is 12.1 Å². The molecule has 1 aliphatic carbocycles. The molecule has 1 aromatic carbocycles. The summed E-state index contributed by atoms with van der Waals surface area (Å²) in [4.78, 5) is 25.0. The van der Waals surface area contributed by atoms with E-state index in [0.717, 1.165) is 31.2 Å². The predicted molar refractivity (Wildman–Crippen MR) is 94.9 cm³/mol. The van der Waals surface area contributed by atoms with Crippen LogP contribution in [0.3, 0.4) is 0 Å². The maximum absolute atomic E-state index is 12.6. The maximum atomic E-state index is 12.6. The molecule has 26 heavy (non-hydrogen) atoms. The fourth-order valence-corrected chi connectivity index (χ4v) is 3.31. The van der Waals surface area contributed by atoms with E-state index in [-0.39, 0.29) is 6.04 Å². The zero-order valence-electron chi connectivity index (χ0n) is 15.4. The number of hydrogen-bond donors (Lipinski definition) is 2. The molecule has 1 aromatic rings. The largest absolute Gasteiger partial charge is 0.493 e. The Hall–Kier alpha value is -2.64. The van der Waals surface area contributed by atoms with Crippen molar-refractivity contribution < 1.29 is 28.9 Å². The number of carbonyl (C=O) groups excluding carboxylic acids is 1. The molecule has 0 heterocycles. The highest BCUT2D eigenvalue weighted by Gasteiger charge is 2.29. The highest BCUT2D eigenvalue weighted by molar-refractivity contribution is 5.80. The van der Waals surface area contributed by atoms with E-state index in [9.17, 15) is 9.59 Å². The molecule has 0 unspecified atom stereocenters. The van der Waals surface area contributed by atoms with Gasteiger partial charge in [0, 0.05) is 11.6 Å².